The van der Waals surface area contributed by atoms with Crippen molar-refractivity contribution < 1.29 is 4.79 Å². The second-order valence-electron chi connectivity index (χ2n) is 3.74. The number of thiophene rings is 1. The van der Waals surface area contributed by atoms with Gasteiger partial charge in [0, 0.05) is 11.4 Å². The second-order valence-corrected chi connectivity index (χ2v) is 5.49. The summed E-state index contributed by atoms with van der Waals surface area (Å²) >= 11 is 7.38. The minimum absolute atomic E-state index is 0.0482. The maximum atomic E-state index is 11.7. The molecule has 2 unspecified atom stereocenters. The minimum Gasteiger partial charge on any atom is -0.334 e. The van der Waals surface area contributed by atoms with E-state index in [1.54, 1.807) is 0 Å². The quantitative estimate of drug-likeness (QED) is 0.865. The Bertz CT molecular complexity index is 379. The standard InChI is InChI=1S/C10H13ClN2OS/c1-6(8-2-3-9(11)15-8)13-5-4-7(12)10(13)14/h2-3,6-7H,4-5,12H2,1H3. The summed E-state index contributed by atoms with van der Waals surface area (Å²) in [6.07, 6.45) is 0.752. The van der Waals surface area contributed by atoms with Gasteiger partial charge in [-0.3, -0.25) is 4.79 Å². The van der Waals surface area contributed by atoms with Gasteiger partial charge in [-0.1, -0.05) is 11.6 Å². The molecule has 2 atom stereocenters. The highest BCUT2D eigenvalue weighted by Gasteiger charge is 2.32. The van der Waals surface area contributed by atoms with Gasteiger partial charge in [0.25, 0.3) is 0 Å². The van der Waals surface area contributed by atoms with Crippen LogP contribution in [0.2, 0.25) is 4.34 Å². The smallest absolute Gasteiger partial charge is 0.240 e. The van der Waals surface area contributed by atoms with Crippen LogP contribution in [0, 0.1) is 0 Å². The molecule has 0 aliphatic carbocycles. The molecular formula is C10H13ClN2OS. The zero-order valence-corrected chi connectivity index (χ0v) is 10.0. The molecule has 2 rings (SSSR count). The summed E-state index contributed by atoms with van der Waals surface area (Å²) in [6.45, 7) is 2.76. The fourth-order valence-electron chi connectivity index (χ4n) is 1.82. The van der Waals surface area contributed by atoms with E-state index in [9.17, 15) is 4.79 Å². The first-order valence-electron chi connectivity index (χ1n) is 4.91. The molecule has 0 bridgehead atoms. The Morgan fingerprint density at radius 1 is 1.67 bits per heavy atom. The van der Waals surface area contributed by atoms with Gasteiger partial charge in [-0.25, -0.2) is 0 Å². The first-order chi connectivity index (χ1) is 7.09. The van der Waals surface area contributed by atoms with Crippen LogP contribution in [0.5, 0.6) is 0 Å². The van der Waals surface area contributed by atoms with Gasteiger partial charge in [-0.15, -0.1) is 11.3 Å². The molecule has 2 heterocycles. The van der Waals surface area contributed by atoms with Gasteiger partial charge in [0.2, 0.25) is 5.91 Å². The number of carbonyl (C=O) groups excluding carboxylic acids is 1. The molecule has 1 aliphatic rings. The zero-order chi connectivity index (χ0) is 11.0. The lowest BCUT2D eigenvalue weighted by Crippen LogP contribution is -2.35. The van der Waals surface area contributed by atoms with Crippen LogP contribution in [0.3, 0.4) is 0 Å². The van der Waals surface area contributed by atoms with E-state index in [4.69, 9.17) is 17.3 Å². The third kappa shape index (κ3) is 2.02. The number of nitrogens with two attached hydrogens (primary N) is 1. The van der Waals surface area contributed by atoms with E-state index in [1.807, 2.05) is 24.0 Å². The predicted octanol–water partition coefficient (Wildman–Crippen LogP) is 2.02. The van der Waals surface area contributed by atoms with Crippen molar-refractivity contribution in [2.75, 3.05) is 6.54 Å². The normalized spacial score (nSPS) is 23.5. The van der Waals surface area contributed by atoms with Crippen molar-refractivity contribution in [3.8, 4) is 0 Å². The van der Waals surface area contributed by atoms with E-state index in [0.29, 0.717) is 0 Å². The van der Waals surface area contributed by atoms with E-state index in [0.717, 1.165) is 22.2 Å². The summed E-state index contributed by atoms with van der Waals surface area (Å²) in [5.41, 5.74) is 5.68. The van der Waals surface area contributed by atoms with Gasteiger partial charge < -0.3 is 10.6 Å². The molecule has 1 aromatic rings. The number of nitrogens with zero attached hydrogens (tertiary/aromatic N) is 1. The Kier molecular flexibility index (Phi) is 3.00. The van der Waals surface area contributed by atoms with E-state index in [2.05, 4.69) is 0 Å². The molecule has 1 saturated heterocycles. The molecule has 0 spiro atoms. The highest BCUT2D eigenvalue weighted by atomic mass is 35.5. The number of amides is 1. The average Bonchev–Trinajstić information content (AvgIpc) is 2.75. The van der Waals surface area contributed by atoms with E-state index in [-0.39, 0.29) is 18.0 Å². The van der Waals surface area contributed by atoms with Gasteiger partial charge in [0.05, 0.1) is 16.4 Å². The van der Waals surface area contributed by atoms with Crippen molar-refractivity contribution in [2.24, 2.45) is 5.73 Å². The number of carbonyl (C=O) groups is 1. The maximum absolute atomic E-state index is 11.7. The second kappa shape index (κ2) is 4.12. The highest BCUT2D eigenvalue weighted by molar-refractivity contribution is 7.16. The third-order valence-corrected chi connectivity index (χ3v) is 4.16. The fraction of sp³-hybridized carbons (Fsp3) is 0.500. The van der Waals surface area contributed by atoms with Crippen LogP contribution in [0.15, 0.2) is 12.1 Å². The predicted molar refractivity (Wildman–Crippen MR) is 62.0 cm³/mol. The number of hydrogen-bond donors (Lipinski definition) is 1. The van der Waals surface area contributed by atoms with Crippen molar-refractivity contribution in [1.29, 1.82) is 0 Å². The summed E-state index contributed by atoms with van der Waals surface area (Å²) in [4.78, 5) is 14.6. The molecule has 82 valence electrons. The highest BCUT2D eigenvalue weighted by Crippen LogP contribution is 2.32. The summed E-state index contributed by atoms with van der Waals surface area (Å²) in [5.74, 6) is 0.0482. The monoisotopic (exact) mass is 244 g/mol. The molecule has 0 saturated carbocycles. The van der Waals surface area contributed by atoms with Crippen LogP contribution in [0.1, 0.15) is 24.3 Å². The first kappa shape index (κ1) is 10.9. The Morgan fingerprint density at radius 3 is 2.87 bits per heavy atom. The van der Waals surface area contributed by atoms with Crippen LogP contribution in [-0.2, 0) is 4.79 Å². The van der Waals surface area contributed by atoms with Crippen molar-refractivity contribution >= 4 is 28.8 Å². The third-order valence-electron chi connectivity index (χ3n) is 2.75. The van der Waals surface area contributed by atoms with Gasteiger partial charge >= 0.3 is 0 Å². The van der Waals surface area contributed by atoms with Crippen molar-refractivity contribution in [1.82, 2.24) is 4.90 Å². The van der Waals surface area contributed by atoms with Gasteiger partial charge in [-0.05, 0) is 25.5 Å². The molecule has 1 fully saturated rings. The molecule has 1 aromatic heterocycles. The Balaban J connectivity index is 2.15. The number of halogens is 1. The minimum atomic E-state index is -0.317. The van der Waals surface area contributed by atoms with E-state index < -0.39 is 0 Å². The Hall–Kier alpha value is -0.580. The Morgan fingerprint density at radius 2 is 2.40 bits per heavy atom. The van der Waals surface area contributed by atoms with Crippen LogP contribution >= 0.6 is 22.9 Å². The largest absolute Gasteiger partial charge is 0.334 e. The van der Waals surface area contributed by atoms with Crippen LogP contribution in [0.25, 0.3) is 0 Å². The fourth-order valence-corrected chi connectivity index (χ4v) is 2.94. The molecule has 0 radical (unpaired) electrons. The van der Waals surface area contributed by atoms with Crippen molar-refractivity contribution in [2.45, 2.75) is 25.4 Å². The molecule has 2 N–H and O–H groups in total. The van der Waals surface area contributed by atoms with Gasteiger partial charge in [0.1, 0.15) is 0 Å². The van der Waals surface area contributed by atoms with E-state index >= 15 is 0 Å². The molecule has 1 amide bonds. The van der Waals surface area contributed by atoms with Crippen LogP contribution in [-0.4, -0.2) is 23.4 Å². The topological polar surface area (TPSA) is 46.3 Å². The Labute approximate surface area is 97.8 Å². The molecule has 3 nitrogen and oxygen atoms in total. The maximum Gasteiger partial charge on any atom is 0.240 e. The summed E-state index contributed by atoms with van der Waals surface area (Å²) in [7, 11) is 0. The van der Waals surface area contributed by atoms with Gasteiger partial charge in [0.15, 0.2) is 0 Å². The first-order valence-corrected chi connectivity index (χ1v) is 6.10. The zero-order valence-electron chi connectivity index (χ0n) is 8.44. The van der Waals surface area contributed by atoms with Crippen molar-refractivity contribution in [3.63, 3.8) is 0 Å². The number of likely N-dealkylation sites (tertiary alicyclic amines) is 1. The molecule has 5 heteroatoms. The summed E-state index contributed by atoms with van der Waals surface area (Å²) in [5, 5.41) is 0. The number of rotatable bonds is 2. The molecule has 1 aliphatic heterocycles. The van der Waals surface area contributed by atoms with E-state index in [1.165, 1.54) is 11.3 Å². The molecule has 15 heavy (non-hydrogen) atoms. The lowest BCUT2D eigenvalue weighted by atomic mass is 10.2. The van der Waals surface area contributed by atoms with Crippen LogP contribution < -0.4 is 5.73 Å². The van der Waals surface area contributed by atoms with Gasteiger partial charge in [-0.2, -0.15) is 0 Å². The van der Waals surface area contributed by atoms with Crippen molar-refractivity contribution in [3.05, 3.63) is 21.3 Å². The lowest BCUT2D eigenvalue weighted by molar-refractivity contribution is -0.130. The average molecular weight is 245 g/mol. The summed E-state index contributed by atoms with van der Waals surface area (Å²) in [6, 6.07) is 3.60. The van der Waals surface area contributed by atoms with Crippen LogP contribution in [0.4, 0.5) is 0 Å². The molecular weight excluding hydrogens is 232 g/mol. The lowest BCUT2D eigenvalue weighted by Gasteiger charge is -2.23. The summed E-state index contributed by atoms with van der Waals surface area (Å²) < 4.78 is 0.757. The molecule has 0 aromatic carbocycles. The SMILES string of the molecule is CC(c1ccc(Cl)s1)N1CCC(N)C1=O. The number of hydrogen-bond acceptors (Lipinski definition) is 3.